The molecule has 0 radical (unpaired) electrons. The van der Waals surface area contributed by atoms with Gasteiger partial charge >= 0.3 is 12.2 Å². The minimum Gasteiger partial charge on any atom is -0.444 e. The predicted molar refractivity (Wildman–Crippen MR) is 232 cm³/mol. The Labute approximate surface area is 358 Å². The third kappa shape index (κ3) is 11.4. The number of non-ortho nitro benzene ring substituents is 1. The number of hydrogen-bond donors (Lipinski definition) is 1. The molecule has 326 valence electrons. The number of rotatable bonds is 7. The molecule has 6 aromatic rings. The second-order valence-electron chi connectivity index (χ2n) is 17.2. The summed E-state index contributed by atoms with van der Waals surface area (Å²) in [5.74, 6) is 0.798. The lowest BCUT2D eigenvalue weighted by Gasteiger charge is -2.35. The van der Waals surface area contributed by atoms with Crippen LogP contribution in [-0.2, 0) is 22.6 Å². The Bertz CT molecular complexity index is 2540. The van der Waals surface area contributed by atoms with Crippen molar-refractivity contribution in [3.8, 4) is 22.9 Å². The van der Waals surface area contributed by atoms with Gasteiger partial charge in [-0.2, -0.15) is 9.97 Å². The van der Waals surface area contributed by atoms with Gasteiger partial charge in [0.25, 0.3) is 5.69 Å². The minimum atomic E-state index is -0.505. The number of carbonyl (C=O) groups excluding carboxylic acids is 2. The zero-order valence-corrected chi connectivity index (χ0v) is 35.9. The molecule has 0 atom stereocenters. The third-order valence-electron chi connectivity index (χ3n) is 9.88. The van der Waals surface area contributed by atoms with Crippen molar-refractivity contribution < 1.29 is 32.8 Å². The van der Waals surface area contributed by atoms with Crippen LogP contribution >= 0.6 is 0 Å². The molecule has 6 heterocycles. The first-order valence-corrected chi connectivity index (χ1v) is 20.5. The third-order valence-corrected chi connectivity index (χ3v) is 9.88. The van der Waals surface area contributed by atoms with Gasteiger partial charge in [-0.3, -0.25) is 19.9 Å². The van der Waals surface area contributed by atoms with E-state index in [0.717, 1.165) is 43.1 Å². The number of aromatic nitrogens is 4. The molecule has 18 nitrogen and oxygen atoms in total. The monoisotopic (exact) mass is 848 g/mol. The van der Waals surface area contributed by atoms with E-state index < -0.39 is 16.1 Å². The van der Waals surface area contributed by atoms with Crippen LogP contribution in [0.1, 0.15) is 52.9 Å². The molecule has 2 saturated heterocycles. The van der Waals surface area contributed by atoms with E-state index in [1.54, 1.807) is 21.9 Å². The number of benzene rings is 2. The smallest absolute Gasteiger partial charge is 0.410 e. The molecule has 2 amide bonds. The molecule has 4 aromatic heterocycles. The van der Waals surface area contributed by atoms with Crippen LogP contribution in [-0.4, -0.2) is 120 Å². The molecule has 0 saturated carbocycles. The van der Waals surface area contributed by atoms with Gasteiger partial charge in [0.2, 0.25) is 11.8 Å². The predicted octanol–water partition coefficient (Wildman–Crippen LogP) is 7.38. The van der Waals surface area contributed by atoms with Crippen molar-refractivity contribution in [2.24, 2.45) is 0 Å². The summed E-state index contributed by atoms with van der Waals surface area (Å²) in [5, 5.41) is 11.0. The molecule has 2 N–H and O–H groups in total. The highest BCUT2D eigenvalue weighted by Gasteiger charge is 2.28. The second kappa shape index (κ2) is 18.1. The Hall–Kier alpha value is -6.66. The van der Waals surface area contributed by atoms with Gasteiger partial charge in [-0.25, -0.2) is 19.6 Å². The second-order valence-corrected chi connectivity index (χ2v) is 17.2. The summed E-state index contributed by atoms with van der Waals surface area (Å²) in [5.41, 5.74) is 10.8. The number of nitrogens with zero attached hydrogens (tertiary/aromatic N) is 9. The van der Waals surface area contributed by atoms with Crippen LogP contribution in [0.4, 0.5) is 21.0 Å². The number of nitro groups is 1. The average molecular weight is 849 g/mol. The zero-order chi connectivity index (χ0) is 44.2. The van der Waals surface area contributed by atoms with Crippen molar-refractivity contribution >= 4 is 46.0 Å². The number of nitrogens with two attached hydrogens (primary N) is 1. The van der Waals surface area contributed by atoms with E-state index in [1.807, 2.05) is 90.1 Å². The first-order chi connectivity index (χ1) is 29.4. The summed E-state index contributed by atoms with van der Waals surface area (Å²) in [4.78, 5) is 61.2. The Kier molecular flexibility index (Phi) is 12.7. The average Bonchev–Trinajstić information content (AvgIpc) is 3.85. The van der Waals surface area contributed by atoms with E-state index in [0.29, 0.717) is 84.8 Å². The lowest BCUT2D eigenvalue weighted by Crippen LogP contribution is -2.49. The van der Waals surface area contributed by atoms with E-state index in [2.05, 4.69) is 29.7 Å². The number of amides is 2. The first-order valence-electron chi connectivity index (χ1n) is 20.5. The van der Waals surface area contributed by atoms with E-state index in [4.69, 9.17) is 24.0 Å². The summed E-state index contributed by atoms with van der Waals surface area (Å²) in [6.45, 7) is 18.0. The number of anilines is 1. The Morgan fingerprint density at radius 1 is 0.645 bits per heavy atom. The molecule has 2 aliphatic rings. The molecule has 0 aliphatic carbocycles. The highest BCUT2D eigenvalue weighted by Crippen LogP contribution is 2.28. The molecular weight excluding hydrogens is 797 g/mol. The number of nitrogen functional groups attached to an aromatic ring is 1. The lowest BCUT2D eigenvalue weighted by molar-refractivity contribution is -0.384. The van der Waals surface area contributed by atoms with Crippen molar-refractivity contribution in [2.75, 3.05) is 58.1 Å². The van der Waals surface area contributed by atoms with Gasteiger partial charge < -0.3 is 33.8 Å². The van der Waals surface area contributed by atoms with Crippen molar-refractivity contribution in [1.29, 1.82) is 0 Å². The molecule has 8 rings (SSSR count). The molecule has 0 unspecified atom stereocenters. The summed E-state index contributed by atoms with van der Waals surface area (Å²) in [7, 11) is 0. The van der Waals surface area contributed by atoms with Gasteiger partial charge in [0.15, 0.2) is 22.5 Å². The van der Waals surface area contributed by atoms with Gasteiger partial charge in [-0.1, -0.05) is 12.1 Å². The quantitative estimate of drug-likeness (QED) is 0.0943. The topological polar surface area (TPSA) is 213 Å². The standard InChI is InChI=1S/C22H25N5O5.C22H27N5O3/c1-22(2,3)32-21(28)26-11-9-25(10-12-26)14-16-7-8-18-19(23-16)24-20(31-18)15-5-4-6-17(13-15)27(29)30;1-22(2,3)30-21(28)27-11-9-26(10-12-27)14-17-7-8-18-19(24-17)25-20(29-18)15-5-4-6-16(23)13-15/h4-8,13H,9-12,14H2,1-3H3;4-8,13H,9-12,14,23H2,1-3H3. The molecule has 2 aromatic carbocycles. The van der Waals surface area contributed by atoms with Crippen LogP contribution in [0.2, 0.25) is 0 Å². The largest absolute Gasteiger partial charge is 0.444 e. The number of oxazole rings is 2. The van der Waals surface area contributed by atoms with Crippen LogP contribution in [0.5, 0.6) is 0 Å². The van der Waals surface area contributed by atoms with Crippen LogP contribution < -0.4 is 5.73 Å². The van der Waals surface area contributed by atoms with Crippen LogP contribution in [0, 0.1) is 10.1 Å². The van der Waals surface area contributed by atoms with Crippen molar-refractivity contribution in [2.45, 2.75) is 65.8 Å². The van der Waals surface area contributed by atoms with Crippen molar-refractivity contribution in [3.05, 3.63) is 94.3 Å². The number of fused-ring (bicyclic) bond motifs is 2. The number of hydrogen-bond acceptors (Lipinski definition) is 15. The van der Waals surface area contributed by atoms with E-state index in [1.165, 1.54) is 12.1 Å². The van der Waals surface area contributed by atoms with Crippen LogP contribution in [0.3, 0.4) is 0 Å². The highest BCUT2D eigenvalue weighted by molar-refractivity contribution is 5.74. The van der Waals surface area contributed by atoms with Crippen molar-refractivity contribution in [1.82, 2.24) is 39.5 Å². The van der Waals surface area contributed by atoms with Crippen LogP contribution in [0.15, 0.2) is 81.6 Å². The lowest BCUT2D eigenvalue weighted by atomic mass is 10.2. The normalized spacial score (nSPS) is 15.3. The minimum absolute atomic E-state index is 0.0241. The fourth-order valence-electron chi connectivity index (χ4n) is 6.85. The van der Waals surface area contributed by atoms with E-state index in [-0.39, 0.29) is 17.9 Å². The van der Waals surface area contributed by atoms with E-state index in [9.17, 15) is 19.7 Å². The molecule has 0 spiro atoms. The van der Waals surface area contributed by atoms with Crippen LogP contribution in [0.25, 0.3) is 45.4 Å². The van der Waals surface area contributed by atoms with Gasteiger partial charge in [0, 0.05) is 94.4 Å². The zero-order valence-electron chi connectivity index (χ0n) is 35.9. The summed E-state index contributed by atoms with van der Waals surface area (Å²) in [6.07, 6.45) is -0.536. The molecule has 62 heavy (non-hydrogen) atoms. The Morgan fingerprint density at radius 2 is 1.08 bits per heavy atom. The van der Waals surface area contributed by atoms with Gasteiger partial charge in [0.05, 0.1) is 16.3 Å². The maximum atomic E-state index is 12.2. The summed E-state index contributed by atoms with van der Waals surface area (Å²) in [6, 6.07) is 21.1. The maximum Gasteiger partial charge on any atom is 0.410 e. The molecule has 2 aliphatic heterocycles. The number of nitro benzene ring substituents is 1. The molecular formula is C44H52N10O8. The fourth-order valence-corrected chi connectivity index (χ4v) is 6.85. The number of piperazine rings is 2. The fraction of sp³-hybridized carbons (Fsp3) is 0.409. The van der Waals surface area contributed by atoms with Gasteiger partial charge in [-0.05, 0) is 90.1 Å². The van der Waals surface area contributed by atoms with Crippen molar-refractivity contribution in [3.63, 3.8) is 0 Å². The van der Waals surface area contributed by atoms with Gasteiger partial charge in [-0.15, -0.1) is 0 Å². The Balaban J connectivity index is 0.000000187. The SMILES string of the molecule is CC(C)(C)OC(=O)N1CCN(Cc2ccc3oc(-c4cccc(N)c4)nc3n2)CC1.CC(C)(C)OC(=O)N1CCN(Cc2ccc3oc(-c4cccc([N+](=O)[O-])c4)nc3n2)CC1. The number of pyridine rings is 2. The van der Waals surface area contributed by atoms with Gasteiger partial charge in [0.1, 0.15) is 11.2 Å². The maximum absolute atomic E-state index is 12.2. The number of carbonyl (C=O) groups is 2. The summed E-state index contributed by atoms with van der Waals surface area (Å²) >= 11 is 0. The molecule has 18 heteroatoms. The number of ether oxygens (including phenoxy) is 2. The highest BCUT2D eigenvalue weighted by atomic mass is 16.6. The Morgan fingerprint density at radius 3 is 1.50 bits per heavy atom. The first kappa shape index (κ1) is 43.4. The molecule has 2 fully saturated rings. The van der Waals surface area contributed by atoms with E-state index >= 15 is 0 Å². The molecule has 0 bridgehead atoms. The summed E-state index contributed by atoms with van der Waals surface area (Å²) < 4.78 is 22.5.